The normalized spacial score (nSPS) is 20.7. The lowest BCUT2D eigenvalue weighted by Crippen LogP contribution is -2.58. The van der Waals surface area contributed by atoms with Crippen LogP contribution in [-0.2, 0) is 59.3 Å². The van der Waals surface area contributed by atoms with Crippen LogP contribution in [0.4, 0.5) is 0 Å². The van der Waals surface area contributed by atoms with Gasteiger partial charge < -0.3 is 42.0 Å². The standard InChI is InChI=1S/C51H61N7O7/c1-35-10-8-15-42(36(35)2)39-18-16-37(17-19-39)30-44-49(63)55-33-41-14-7-6-13-40(41)31-46(60)56-43(48(62)54-26-29-65-28-24-52)22-25-53-45(59)20-21-47(61)58-27-9-23-51(34-58,50(64)57-44)32-38-11-4-3-5-12-38/h3-8,10-21,43-44H,9,22-34,52H2,1-2H3,(H,53,59)(H,54,62)(H,55,63)(H,56,60)(H,57,64)/b21-20+/t43-,44-,51-/m0/s1. The van der Waals surface area contributed by atoms with Crippen molar-refractivity contribution in [1.82, 2.24) is 31.5 Å². The summed E-state index contributed by atoms with van der Waals surface area (Å²) in [7, 11) is 0. The van der Waals surface area contributed by atoms with Crippen molar-refractivity contribution in [3.63, 3.8) is 0 Å². The van der Waals surface area contributed by atoms with E-state index in [1.54, 1.807) is 17.0 Å². The molecule has 0 spiro atoms. The number of hydrogen-bond donors (Lipinski definition) is 6. The Morgan fingerprint density at radius 3 is 2.35 bits per heavy atom. The fraction of sp³-hybridized carbons (Fsp3) is 0.373. The van der Waals surface area contributed by atoms with Crippen LogP contribution in [0.5, 0.6) is 0 Å². The number of rotatable bonds is 11. The fourth-order valence-electron chi connectivity index (χ4n) is 8.46. The van der Waals surface area contributed by atoms with Crippen molar-refractivity contribution in [2.24, 2.45) is 11.1 Å². The predicted molar refractivity (Wildman–Crippen MR) is 249 cm³/mol. The van der Waals surface area contributed by atoms with Gasteiger partial charge in [-0.05, 0) is 84.0 Å². The summed E-state index contributed by atoms with van der Waals surface area (Å²) in [5.41, 5.74) is 12.0. The van der Waals surface area contributed by atoms with Crippen LogP contribution in [0, 0.1) is 19.3 Å². The lowest BCUT2D eigenvalue weighted by atomic mass is 9.74. The molecule has 4 aromatic carbocycles. The Labute approximate surface area is 381 Å². The maximum atomic E-state index is 14.9. The third-order valence-corrected chi connectivity index (χ3v) is 12.2. The number of piperidine rings is 1. The summed E-state index contributed by atoms with van der Waals surface area (Å²) in [4.78, 5) is 84.6. The average molecular weight is 884 g/mol. The molecule has 2 aliphatic rings. The van der Waals surface area contributed by atoms with E-state index in [0.29, 0.717) is 50.1 Å². The molecule has 1 saturated heterocycles. The largest absolute Gasteiger partial charge is 0.378 e. The Hall–Kier alpha value is -6.64. The SMILES string of the molecule is Cc1cccc(-c2ccc(C[C@@H]3NC(=O)[C@]4(Cc5ccccc5)CCCN(C4)C(=O)/C=C/C(=O)NCC[C@@H](C(=O)NCCOCCN)NC(=O)Cc4ccccc4CNC3=O)cc2)c1C. The monoisotopic (exact) mass is 883 g/mol. The number of carbonyl (C=O) groups is 6. The molecule has 4 aromatic rings. The third kappa shape index (κ3) is 13.4. The summed E-state index contributed by atoms with van der Waals surface area (Å²) in [5.74, 6) is -2.67. The summed E-state index contributed by atoms with van der Waals surface area (Å²) in [5, 5.41) is 14.5. The molecule has 2 bridgehead atoms. The Morgan fingerprint density at radius 2 is 1.58 bits per heavy atom. The van der Waals surface area contributed by atoms with Crippen molar-refractivity contribution in [2.75, 3.05) is 45.9 Å². The first-order valence-electron chi connectivity index (χ1n) is 22.4. The molecule has 7 N–H and O–H groups in total. The highest BCUT2D eigenvalue weighted by Crippen LogP contribution is 2.35. The number of nitrogens with two attached hydrogens (primary N) is 1. The van der Waals surface area contributed by atoms with E-state index >= 15 is 0 Å². The van der Waals surface area contributed by atoms with Crippen LogP contribution in [0.25, 0.3) is 11.1 Å². The summed E-state index contributed by atoms with van der Waals surface area (Å²) >= 11 is 0. The van der Waals surface area contributed by atoms with Crippen molar-refractivity contribution in [3.05, 3.63) is 143 Å². The van der Waals surface area contributed by atoms with Crippen LogP contribution in [0.2, 0.25) is 0 Å². The molecule has 0 aliphatic carbocycles. The fourth-order valence-corrected chi connectivity index (χ4v) is 8.46. The molecule has 342 valence electrons. The first-order valence-corrected chi connectivity index (χ1v) is 22.4. The minimum absolute atomic E-state index is 0.0177. The van der Waals surface area contributed by atoms with Crippen LogP contribution in [0.1, 0.15) is 52.6 Å². The van der Waals surface area contributed by atoms with E-state index in [4.69, 9.17) is 10.5 Å². The van der Waals surface area contributed by atoms with Crippen LogP contribution >= 0.6 is 0 Å². The number of fused-ring (bicyclic) bond motifs is 3. The summed E-state index contributed by atoms with van der Waals surface area (Å²) in [6.07, 6.45) is 3.76. The molecular weight excluding hydrogens is 823 g/mol. The van der Waals surface area contributed by atoms with Crippen molar-refractivity contribution in [2.45, 2.75) is 71.0 Å². The number of nitrogens with one attached hydrogen (secondary N) is 5. The zero-order valence-corrected chi connectivity index (χ0v) is 37.3. The molecule has 3 atom stereocenters. The molecule has 2 aliphatic heterocycles. The second-order valence-electron chi connectivity index (χ2n) is 16.9. The van der Waals surface area contributed by atoms with Crippen molar-refractivity contribution in [1.29, 1.82) is 0 Å². The summed E-state index contributed by atoms with van der Waals surface area (Å²) in [6.45, 7) is 5.78. The number of hydrogen-bond acceptors (Lipinski definition) is 8. The van der Waals surface area contributed by atoms with Crippen molar-refractivity contribution >= 4 is 35.4 Å². The molecule has 1 fully saturated rings. The maximum Gasteiger partial charge on any atom is 0.246 e. The van der Waals surface area contributed by atoms with Gasteiger partial charge in [0.2, 0.25) is 35.4 Å². The highest BCUT2D eigenvalue weighted by atomic mass is 16.5. The molecule has 65 heavy (non-hydrogen) atoms. The third-order valence-electron chi connectivity index (χ3n) is 12.2. The van der Waals surface area contributed by atoms with Gasteiger partial charge in [0.1, 0.15) is 12.1 Å². The van der Waals surface area contributed by atoms with Gasteiger partial charge in [0.25, 0.3) is 0 Å². The van der Waals surface area contributed by atoms with Crippen molar-refractivity contribution < 1.29 is 33.5 Å². The lowest BCUT2D eigenvalue weighted by Gasteiger charge is -2.42. The maximum absolute atomic E-state index is 14.9. The smallest absolute Gasteiger partial charge is 0.246 e. The van der Waals surface area contributed by atoms with Crippen LogP contribution < -0.4 is 32.3 Å². The molecule has 0 radical (unpaired) electrons. The number of ether oxygens (including phenoxy) is 1. The average Bonchev–Trinajstić information content (AvgIpc) is 3.31. The quantitative estimate of drug-likeness (QED) is 0.123. The molecule has 2 heterocycles. The first-order chi connectivity index (χ1) is 31.4. The molecule has 14 nitrogen and oxygen atoms in total. The van der Waals surface area contributed by atoms with E-state index in [9.17, 15) is 28.8 Å². The van der Waals surface area contributed by atoms with E-state index in [0.717, 1.165) is 28.3 Å². The van der Waals surface area contributed by atoms with Gasteiger partial charge in [0, 0.05) is 57.8 Å². The summed E-state index contributed by atoms with van der Waals surface area (Å²) < 4.78 is 5.37. The van der Waals surface area contributed by atoms with Gasteiger partial charge in [0.05, 0.1) is 25.0 Å². The number of benzene rings is 4. The minimum Gasteiger partial charge on any atom is -0.378 e. The second-order valence-corrected chi connectivity index (χ2v) is 16.9. The Balaban J connectivity index is 1.31. The van der Waals surface area contributed by atoms with Crippen molar-refractivity contribution in [3.8, 4) is 11.1 Å². The number of amides is 6. The zero-order chi connectivity index (χ0) is 46.2. The van der Waals surface area contributed by atoms with E-state index in [2.05, 4.69) is 52.6 Å². The first kappa shape index (κ1) is 47.8. The van der Waals surface area contributed by atoms with Gasteiger partial charge in [-0.3, -0.25) is 28.8 Å². The molecule has 0 saturated carbocycles. The highest BCUT2D eigenvalue weighted by molar-refractivity contribution is 5.97. The Morgan fingerprint density at radius 1 is 0.831 bits per heavy atom. The molecule has 14 heteroatoms. The molecule has 0 aromatic heterocycles. The van der Waals surface area contributed by atoms with E-state index in [1.807, 2.05) is 72.8 Å². The summed E-state index contributed by atoms with van der Waals surface area (Å²) in [6, 6.07) is 29.0. The number of nitrogens with zero attached hydrogens (tertiary/aromatic N) is 1. The molecule has 6 amide bonds. The lowest BCUT2D eigenvalue weighted by molar-refractivity contribution is -0.141. The van der Waals surface area contributed by atoms with Crippen LogP contribution in [-0.4, -0.2) is 98.4 Å². The van der Waals surface area contributed by atoms with E-state index in [1.165, 1.54) is 17.2 Å². The van der Waals surface area contributed by atoms with Gasteiger partial charge in [-0.15, -0.1) is 0 Å². The Kier molecular flexibility index (Phi) is 17.2. The Bertz CT molecular complexity index is 2330. The highest BCUT2D eigenvalue weighted by Gasteiger charge is 2.44. The topological polar surface area (TPSA) is 201 Å². The van der Waals surface area contributed by atoms with Gasteiger partial charge in [0.15, 0.2) is 0 Å². The molecule has 6 rings (SSSR count). The predicted octanol–water partition coefficient (Wildman–Crippen LogP) is 3.36. The van der Waals surface area contributed by atoms with Gasteiger partial charge in [-0.25, -0.2) is 0 Å². The molecule has 0 unspecified atom stereocenters. The van der Waals surface area contributed by atoms with Gasteiger partial charge in [-0.2, -0.15) is 0 Å². The number of carbonyl (C=O) groups excluding carboxylic acids is 6. The van der Waals surface area contributed by atoms with E-state index < -0.39 is 47.0 Å². The molecular formula is C51H61N7O7. The van der Waals surface area contributed by atoms with Crippen LogP contribution in [0.3, 0.4) is 0 Å². The second kappa shape index (κ2) is 23.3. The van der Waals surface area contributed by atoms with E-state index in [-0.39, 0.29) is 58.0 Å². The zero-order valence-electron chi connectivity index (χ0n) is 37.3. The number of aryl methyl sites for hydroxylation is 1. The van der Waals surface area contributed by atoms with Gasteiger partial charge >= 0.3 is 0 Å². The van der Waals surface area contributed by atoms with Crippen LogP contribution in [0.15, 0.2) is 109 Å². The minimum atomic E-state index is -1.10. The van der Waals surface area contributed by atoms with Gasteiger partial charge in [-0.1, -0.05) is 97.1 Å².